The number of aromatic nitrogens is 4. The summed E-state index contributed by atoms with van der Waals surface area (Å²) < 4.78 is 2.39. The SMILES string of the molecule is CCN(CCCO)c1nc2c([nH]1)c(=O)n(C)c(=O)n2C. The van der Waals surface area contributed by atoms with Crippen LogP contribution >= 0.6 is 0 Å². The van der Waals surface area contributed by atoms with Gasteiger partial charge in [0.1, 0.15) is 0 Å². The first-order valence-corrected chi connectivity index (χ1v) is 6.52. The van der Waals surface area contributed by atoms with Crippen molar-refractivity contribution in [3.8, 4) is 0 Å². The van der Waals surface area contributed by atoms with Crippen LogP contribution in [0.3, 0.4) is 0 Å². The first-order chi connectivity index (χ1) is 9.51. The summed E-state index contributed by atoms with van der Waals surface area (Å²) in [7, 11) is 3.02. The number of fused-ring (bicyclic) bond motifs is 1. The molecule has 0 fully saturated rings. The fourth-order valence-electron chi connectivity index (χ4n) is 2.14. The van der Waals surface area contributed by atoms with Gasteiger partial charge in [-0.3, -0.25) is 13.9 Å². The molecule has 20 heavy (non-hydrogen) atoms. The molecular formula is C12H19N5O3. The van der Waals surface area contributed by atoms with Gasteiger partial charge in [-0.25, -0.2) is 4.79 Å². The Morgan fingerprint density at radius 2 is 2.00 bits per heavy atom. The standard InChI is InChI=1S/C12H19N5O3/c1-4-17(6-5-7-18)11-13-8-9(14-11)15(2)12(20)16(3)10(8)19/h18H,4-7H2,1-3H3,(H,13,14). The van der Waals surface area contributed by atoms with Crippen molar-refractivity contribution in [2.24, 2.45) is 14.1 Å². The van der Waals surface area contributed by atoms with Crippen LogP contribution in [0.5, 0.6) is 0 Å². The van der Waals surface area contributed by atoms with E-state index in [4.69, 9.17) is 5.11 Å². The number of anilines is 1. The molecule has 2 heterocycles. The number of aliphatic hydroxyl groups excluding tert-OH is 1. The molecule has 0 aromatic carbocycles. The van der Waals surface area contributed by atoms with E-state index in [2.05, 4.69) is 9.97 Å². The van der Waals surface area contributed by atoms with Crippen molar-refractivity contribution in [1.82, 2.24) is 19.1 Å². The molecular weight excluding hydrogens is 262 g/mol. The number of hydrogen-bond donors (Lipinski definition) is 2. The van der Waals surface area contributed by atoms with Crippen LogP contribution in [0.1, 0.15) is 13.3 Å². The number of aromatic amines is 1. The molecule has 0 amide bonds. The van der Waals surface area contributed by atoms with Gasteiger partial charge >= 0.3 is 5.69 Å². The molecule has 0 aliphatic carbocycles. The van der Waals surface area contributed by atoms with Crippen LogP contribution < -0.4 is 16.1 Å². The molecule has 8 nitrogen and oxygen atoms in total. The van der Waals surface area contributed by atoms with E-state index < -0.39 is 5.69 Å². The lowest BCUT2D eigenvalue weighted by Crippen LogP contribution is -2.36. The highest BCUT2D eigenvalue weighted by molar-refractivity contribution is 5.72. The average Bonchev–Trinajstić information content (AvgIpc) is 2.89. The summed E-state index contributed by atoms with van der Waals surface area (Å²) in [6.07, 6.45) is 0.613. The van der Waals surface area contributed by atoms with E-state index >= 15 is 0 Å². The molecule has 0 spiro atoms. The number of rotatable bonds is 5. The van der Waals surface area contributed by atoms with E-state index in [1.54, 1.807) is 7.05 Å². The van der Waals surface area contributed by atoms with Crippen molar-refractivity contribution in [2.45, 2.75) is 13.3 Å². The van der Waals surface area contributed by atoms with Gasteiger partial charge in [0.15, 0.2) is 11.2 Å². The minimum Gasteiger partial charge on any atom is -0.396 e. The molecule has 0 saturated heterocycles. The smallest absolute Gasteiger partial charge is 0.332 e. The number of H-pyrrole nitrogens is 1. The largest absolute Gasteiger partial charge is 0.396 e. The van der Waals surface area contributed by atoms with Crippen molar-refractivity contribution in [1.29, 1.82) is 0 Å². The molecule has 0 aliphatic rings. The maximum absolute atomic E-state index is 12.1. The van der Waals surface area contributed by atoms with Gasteiger partial charge in [-0.1, -0.05) is 0 Å². The van der Waals surface area contributed by atoms with Gasteiger partial charge in [-0.2, -0.15) is 4.98 Å². The molecule has 2 aromatic rings. The summed E-state index contributed by atoms with van der Waals surface area (Å²) in [6, 6.07) is 0. The number of hydrogen-bond acceptors (Lipinski definition) is 5. The van der Waals surface area contributed by atoms with Gasteiger partial charge in [0.2, 0.25) is 5.95 Å². The Morgan fingerprint density at radius 1 is 1.30 bits per heavy atom. The van der Waals surface area contributed by atoms with Crippen molar-refractivity contribution < 1.29 is 5.11 Å². The van der Waals surface area contributed by atoms with Crippen LogP contribution in [0.4, 0.5) is 5.95 Å². The maximum Gasteiger partial charge on any atom is 0.332 e. The Balaban J connectivity index is 2.59. The summed E-state index contributed by atoms with van der Waals surface area (Å²) in [5.41, 5.74) is -0.137. The average molecular weight is 281 g/mol. The van der Waals surface area contributed by atoms with E-state index in [-0.39, 0.29) is 12.2 Å². The summed E-state index contributed by atoms with van der Waals surface area (Å²) >= 11 is 0. The predicted octanol–water partition coefficient (Wildman–Crippen LogP) is -0.831. The molecule has 2 aromatic heterocycles. The van der Waals surface area contributed by atoms with Crippen LogP contribution in [0, 0.1) is 0 Å². The summed E-state index contributed by atoms with van der Waals surface area (Å²) in [5.74, 6) is 0.536. The van der Waals surface area contributed by atoms with Gasteiger partial charge in [0.25, 0.3) is 5.56 Å². The third kappa shape index (κ3) is 2.22. The van der Waals surface area contributed by atoms with Gasteiger partial charge in [-0.15, -0.1) is 0 Å². The summed E-state index contributed by atoms with van der Waals surface area (Å²) in [5, 5.41) is 8.90. The lowest BCUT2D eigenvalue weighted by Gasteiger charge is -2.18. The molecule has 0 bridgehead atoms. The highest BCUT2D eigenvalue weighted by atomic mass is 16.3. The third-order valence-corrected chi connectivity index (χ3v) is 3.35. The first-order valence-electron chi connectivity index (χ1n) is 6.52. The predicted molar refractivity (Wildman–Crippen MR) is 76.2 cm³/mol. The van der Waals surface area contributed by atoms with E-state index in [1.807, 2.05) is 11.8 Å². The number of nitrogens with one attached hydrogen (secondary N) is 1. The number of aryl methyl sites for hydroxylation is 1. The molecule has 0 saturated carbocycles. The van der Waals surface area contributed by atoms with Crippen LogP contribution in [0.15, 0.2) is 9.59 Å². The minimum atomic E-state index is -0.404. The van der Waals surface area contributed by atoms with E-state index in [0.717, 1.165) is 4.57 Å². The van der Waals surface area contributed by atoms with E-state index in [1.165, 1.54) is 11.6 Å². The monoisotopic (exact) mass is 281 g/mol. The number of nitrogens with zero attached hydrogens (tertiary/aromatic N) is 4. The second-order valence-corrected chi connectivity index (χ2v) is 4.62. The zero-order chi connectivity index (χ0) is 14.9. The third-order valence-electron chi connectivity index (χ3n) is 3.35. The Labute approximate surface area is 115 Å². The zero-order valence-electron chi connectivity index (χ0n) is 11.9. The quantitative estimate of drug-likeness (QED) is 0.745. The Hall–Kier alpha value is -2.09. The molecule has 2 rings (SSSR count). The molecule has 0 unspecified atom stereocenters. The second kappa shape index (κ2) is 5.49. The number of aliphatic hydroxyl groups is 1. The van der Waals surface area contributed by atoms with Gasteiger partial charge in [0.05, 0.1) is 0 Å². The molecule has 0 aliphatic heterocycles. The highest BCUT2D eigenvalue weighted by Crippen LogP contribution is 2.13. The molecule has 2 N–H and O–H groups in total. The highest BCUT2D eigenvalue weighted by Gasteiger charge is 2.16. The van der Waals surface area contributed by atoms with Gasteiger partial charge < -0.3 is 15.0 Å². The lowest BCUT2D eigenvalue weighted by atomic mass is 10.4. The number of imidazole rings is 1. The minimum absolute atomic E-state index is 0.0942. The van der Waals surface area contributed by atoms with Crippen LogP contribution in [-0.4, -0.2) is 43.9 Å². The van der Waals surface area contributed by atoms with Crippen molar-refractivity contribution in [3.05, 3.63) is 20.8 Å². The fourth-order valence-corrected chi connectivity index (χ4v) is 2.14. The normalized spacial score (nSPS) is 11.2. The Bertz CT molecular complexity index is 727. The van der Waals surface area contributed by atoms with Crippen LogP contribution in [0.25, 0.3) is 11.2 Å². The topological polar surface area (TPSA) is 96.2 Å². The van der Waals surface area contributed by atoms with Crippen LogP contribution in [-0.2, 0) is 14.1 Å². The second-order valence-electron chi connectivity index (χ2n) is 4.62. The lowest BCUT2D eigenvalue weighted by molar-refractivity contribution is 0.289. The summed E-state index contributed by atoms with van der Waals surface area (Å²) in [4.78, 5) is 33.1. The van der Waals surface area contributed by atoms with Crippen molar-refractivity contribution in [3.63, 3.8) is 0 Å². The zero-order valence-corrected chi connectivity index (χ0v) is 11.9. The molecule has 0 atom stereocenters. The van der Waals surface area contributed by atoms with Crippen LogP contribution in [0.2, 0.25) is 0 Å². The van der Waals surface area contributed by atoms with E-state index in [9.17, 15) is 9.59 Å². The maximum atomic E-state index is 12.1. The van der Waals surface area contributed by atoms with Crippen molar-refractivity contribution >= 4 is 17.1 Å². The Morgan fingerprint density at radius 3 is 2.60 bits per heavy atom. The molecule has 8 heteroatoms. The summed E-state index contributed by atoms with van der Waals surface area (Å²) in [6.45, 7) is 3.37. The van der Waals surface area contributed by atoms with Gasteiger partial charge in [0, 0.05) is 33.8 Å². The molecule has 0 radical (unpaired) electrons. The Kier molecular flexibility index (Phi) is 3.93. The first kappa shape index (κ1) is 14.3. The molecule has 110 valence electrons. The van der Waals surface area contributed by atoms with Crippen molar-refractivity contribution in [2.75, 3.05) is 24.6 Å². The van der Waals surface area contributed by atoms with Gasteiger partial charge in [-0.05, 0) is 13.3 Å². The fraction of sp³-hybridized carbons (Fsp3) is 0.583. The van der Waals surface area contributed by atoms with E-state index in [0.29, 0.717) is 36.6 Å².